The summed E-state index contributed by atoms with van der Waals surface area (Å²) in [7, 11) is 0. The van der Waals surface area contributed by atoms with Crippen LogP contribution in [0.2, 0.25) is 0 Å². The lowest BCUT2D eigenvalue weighted by Crippen LogP contribution is -2.44. The Morgan fingerprint density at radius 1 is 1.16 bits per heavy atom. The number of hydrazine groups is 1. The van der Waals surface area contributed by atoms with Gasteiger partial charge in [-0.05, 0) is 68.0 Å². The molecule has 200 valence electrons. The second-order valence-electron chi connectivity index (χ2n) is 10.4. The van der Waals surface area contributed by atoms with Crippen molar-refractivity contribution in [1.82, 2.24) is 25.1 Å². The van der Waals surface area contributed by atoms with Crippen molar-refractivity contribution in [2.75, 3.05) is 12.3 Å². The first kappa shape index (κ1) is 25.7. The van der Waals surface area contributed by atoms with Crippen LogP contribution in [0.1, 0.15) is 60.6 Å². The van der Waals surface area contributed by atoms with Crippen molar-refractivity contribution in [3.05, 3.63) is 72.1 Å². The van der Waals surface area contributed by atoms with Crippen molar-refractivity contribution in [2.24, 2.45) is 29.1 Å². The van der Waals surface area contributed by atoms with Gasteiger partial charge in [0.05, 0.1) is 0 Å². The van der Waals surface area contributed by atoms with Crippen molar-refractivity contribution >= 4 is 17.2 Å². The van der Waals surface area contributed by atoms with Crippen LogP contribution in [0.25, 0.3) is 16.8 Å². The number of hydrogen-bond donors (Lipinski definition) is 6. The molecule has 10 nitrogen and oxygen atoms in total. The minimum Gasteiger partial charge on any atom is -0.405 e. The molecule has 1 aromatic carbocycles. The fourth-order valence-electron chi connectivity index (χ4n) is 5.66. The number of nitrogens with two attached hydrogens (primary N) is 4. The fourth-order valence-corrected chi connectivity index (χ4v) is 5.66. The predicted molar refractivity (Wildman–Crippen MR) is 149 cm³/mol. The van der Waals surface area contributed by atoms with E-state index in [-0.39, 0.29) is 5.91 Å². The SMILES string of the molecule is N/C=C\C(N)=C/CNC(=O)c1ccc(-c2nc(C3CCC(NN)C(CC4CC4)C3)n3ccnc(N)c23)cc1. The molecular formula is C28H37N9O. The summed E-state index contributed by atoms with van der Waals surface area (Å²) in [5.74, 6) is 8.86. The van der Waals surface area contributed by atoms with E-state index in [9.17, 15) is 4.79 Å². The molecule has 0 aliphatic heterocycles. The topological polar surface area (TPSA) is 175 Å². The van der Waals surface area contributed by atoms with Crippen molar-refractivity contribution in [2.45, 2.75) is 50.5 Å². The van der Waals surface area contributed by atoms with Gasteiger partial charge in [-0.3, -0.25) is 20.5 Å². The standard InChI is InChI=1S/C28H37N9O/c29-11-9-22(30)10-12-34-28(38)19-5-3-18(4-6-19)24-25-26(31)33-13-14-37(25)27(35-24)20-7-8-23(36-32)21(16-20)15-17-1-2-17/h3-6,9-11,13-14,17,20-21,23,36H,1-2,7-8,12,15-16,29-30,32H2,(H2,31,33)(H,34,38)/b11-9-,22-10+. The van der Waals surface area contributed by atoms with Crippen molar-refractivity contribution in [1.29, 1.82) is 0 Å². The molecule has 0 spiro atoms. The molecule has 38 heavy (non-hydrogen) atoms. The number of allylic oxidation sites excluding steroid dienone is 1. The number of carbonyl (C=O) groups excluding carboxylic acids is 1. The molecule has 2 aliphatic rings. The number of hydrogen-bond acceptors (Lipinski definition) is 8. The number of fused-ring (bicyclic) bond motifs is 1. The van der Waals surface area contributed by atoms with Crippen LogP contribution >= 0.6 is 0 Å². The van der Waals surface area contributed by atoms with Crippen LogP contribution in [0.5, 0.6) is 0 Å². The highest BCUT2D eigenvalue weighted by Crippen LogP contribution is 2.44. The average molecular weight is 516 g/mol. The van der Waals surface area contributed by atoms with Gasteiger partial charge >= 0.3 is 0 Å². The summed E-state index contributed by atoms with van der Waals surface area (Å²) in [4.78, 5) is 22.1. The molecule has 2 aliphatic carbocycles. The Balaban J connectivity index is 1.39. The maximum Gasteiger partial charge on any atom is 0.251 e. The Morgan fingerprint density at radius 3 is 2.66 bits per heavy atom. The number of imidazole rings is 1. The predicted octanol–water partition coefficient (Wildman–Crippen LogP) is 2.54. The first-order valence-corrected chi connectivity index (χ1v) is 13.3. The maximum atomic E-state index is 12.6. The Morgan fingerprint density at radius 2 is 1.95 bits per heavy atom. The van der Waals surface area contributed by atoms with Crippen LogP contribution in [0.15, 0.2) is 60.7 Å². The normalized spacial score (nSPS) is 22.2. The highest BCUT2D eigenvalue weighted by Gasteiger charge is 2.36. The third-order valence-corrected chi connectivity index (χ3v) is 7.81. The highest BCUT2D eigenvalue weighted by molar-refractivity contribution is 5.95. The number of nitrogens with one attached hydrogen (secondary N) is 2. The molecule has 2 aromatic heterocycles. The van der Waals surface area contributed by atoms with Gasteiger partial charge in [0.2, 0.25) is 0 Å². The number of benzene rings is 1. The minimum atomic E-state index is -0.194. The molecular weight excluding hydrogens is 478 g/mol. The first-order valence-electron chi connectivity index (χ1n) is 13.3. The van der Waals surface area contributed by atoms with E-state index in [0.29, 0.717) is 41.5 Å². The number of aromatic nitrogens is 3. The molecule has 3 atom stereocenters. The number of carbonyl (C=O) groups is 1. The summed E-state index contributed by atoms with van der Waals surface area (Å²) in [6.07, 6.45) is 15.3. The van der Waals surface area contributed by atoms with Crippen LogP contribution in [-0.4, -0.2) is 32.9 Å². The van der Waals surface area contributed by atoms with Crippen molar-refractivity contribution in [3.8, 4) is 11.3 Å². The summed E-state index contributed by atoms with van der Waals surface area (Å²) in [6.45, 7) is 0.303. The summed E-state index contributed by atoms with van der Waals surface area (Å²) >= 11 is 0. The molecule has 10 heteroatoms. The average Bonchev–Trinajstić information content (AvgIpc) is 3.65. The molecule has 3 aromatic rings. The number of rotatable bonds is 9. The van der Waals surface area contributed by atoms with Crippen LogP contribution in [-0.2, 0) is 0 Å². The quantitative estimate of drug-likeness (QED) is 0.143. The Hall–Kier alpha value is -3.89. The fraction of sp³-hybridized carbons (Fsp3) is 0.393. The summed E-state index contributed by atoms with van der Waals surface area (Å²) in [6, 6.07) is 7.74. The Labute approximate surface area is 222 Å². The van der Waals surface area contributed by atoms with Crippen molar-refractivity contribution in [3.63, 3.8) is 0 Å². The molecule has 1 amide bonds. The van der Waals surface area contributed by atoms with Crippen LogP contribution < -0.4 is 33.8 Å². The van der Waals surface area contributed by atoms with Gasteiger partial charge in [-0.25, -0.2) is 9.97 Å². The first-order chi connectivity index (χ1) is 18.5. The number of nitrogens with zero attached hydrogens (tertiary/aromatic N) is 3. The highest BCUT2D eigenvalue weighted by atomic mass is 16.1. The molecule has 10 N–H and O–H groups in total. The smallest absolute Gasteiger partial charge is 0.251 e. The van der Waals surface area contributed by atoms with Gasteiger partial charge < -0.3 is 22.5 Å². The number of anilines is 1. The van der Waals surface area contributed by atoms with E-state index in [1.54, 1.807) is 30.5 Å². The molecule has 3 unspecified atom stereocenters. The third kappa shape index (κ3) is 5.51. The molecule has 2 heterocycles. The summed E-state index contributed by atoms with van der Waals surface area (Å²) in [5.41, 5.74) is 24.0. The van der Waals surface area contributed by atoms with E-state index in [4.69, 9.17) is 28.0 Å². The summed E-state index contributed by atoms with van der Waals surface area (Å²) < 4.78 is 2.10. The van der Waals surface area contributed by atoms with Gasteiger partial charge in [-0.15, -0.1) is 0 Å². The van der Waals surface area contributed by atoms with E-state index in [1.807, 2.05) is 18.3 Å². The van der Waals surface area contributed by atoms with Crippen molar-refractivity contribution < 1.29 is 4.79 Å². The monoisotopic (exact) mass is 515 g/mol. The third-order valence-electron chi connectivity index (χ3n) is 7.81. The maximum absolute atomic E-state index is 12.6. The number of amides is 1. The second-order valence-corrected chi connectivity index (χ2v) is 10.4. The van der Waals surface area contributed by atoms with Crippen LogP contribution in [0.4, 0.5) is 5.82 Å². The van der Waals surface area contributed by atoms with Gasteiger partial charge in [-0.2, -0.15) is 0 Å². The van der Waals surface area contributed by atoms with E-state index >= 15 is 0 Å². The Kier molecular flexibility index (Phi) is 7.62. The summed E-state index contributed by atoms with van der Waals surface area (Å²) in [5, 5.41) is 2.83. The van der Waals surface area contributed by atoms with Crippen LogP contribution in [0, 0.1) is 11.8 Å². The zero-order valence-electron chi connectivity index (χ0n) is 21.5. The van der Waals surface area contributed by atoms with E-state index < -0.39 is 0 Å². The number of nitrogen functional groups attached to an aromatic ring is 1. The zero-order chi connectivity index (χ0) is 26.6. The lowest BCUT2D eigenvalue weighted by atomic mass is 9.75. The van der Waals surface area contributed by atoms with Gasteiger partial charge in [0.1, 0.15) is 22.9 Å². The van der Waals surface area contributed by atoms with Gasteiger partial charge in [-0.1, -0.05) is 25.0 Å². The lowest BCUT2D eigenvalue weighted by molar-refractivity contribution is 0.0958. The van der Waals surface area contributed by atoms with Gasteiger partial charge in [0.25, 0.3) is 5.91 Å². The minimum absolute atomic E-state index is 0.194. The van der Waals surface area contributed by atoms with E-state index in [0.717, 1.165) is 47.8 Å². The van der Waals surface area contributed by atoms with Gasteiger partial charge in [0.15, 0.2) is 0 Å². The van der Waals surface area contributed by atoms with Gasteiger partial charge in [0, 0.05) is 47.7 Å². The molecule has 0 saturated heterocycles. The van der Waals surface area contributed by atoms with E-state index in [1.165, 1.54) is 25.5 Å². The molecule has 2 saturated carbocycles. The molecule has 0 radical (unpaired) electrons. The Bertz CT molecular complexity index is 1340. The van der Waals surface area contributed by atoms with Crippen LogP contribution in [0.3, 0.4) is 0 Å². The molecule has 5 rings (SSSR count). The molecule has 2 fully saturated rings. The zero-order valence-corrected chi connectivity index (χ0v) is 21.5. The van der Waals surface area contributed by atoms with E-state index in [2.05, 4.69) is 20.1 Å². The molecule has 0 bridgehead atoms. The lowest BCUT2D eigenvalue weighted by Gasteiger charge is -2.35. The second kappa shape index (κ2) is 11.2. The largest absolute Gasteiger partial charge is 0.405 e.